The number of rotatable bonds is 5. The Morgan fingerprint density at radius 3 is 2.76 bits per heavy atom. The van der Waals surface area contributed by atoms with Crippen LogP contribution in [0.2, 0.25) is 0 Å². The quantitative estimate of drug-likeness (QED) is 0.671. The zero-order valence-corrected chi connectivity index (χ0v) is 15.4. The molecule has 0 bridgehead atoms. The van der Waals surface area contributed by atoms with Gasteiger partial charge in [-0.25, -0.2) is 0 Å². The molecule has 0 unspecified atom stereocenters. The van der Waals surface area contributed by atoms with Crippen LogP contribution in [0.1, 0.15) is 10.4 Å². The van der Waals surface area contributed by atoms with E-state index in [1.165, 1.54) is 11.3 Å². The average molecular weight is 450 g/mol. The van der Waals surface area contributed by atoms with Gasteiger partial charge in [-0.05, 0) is 50.1 Å². The molecule has 0 radical (unpaired) electrons. The monoisotopic (exact) mass is 448 g/mol. The molecule has 0 atom stereocenters. The summed E-state index contributed by atoms with van der Waals surface area (Å²) in [4.78, 5) is 12.5. The van der Waals surface area contributed by atoms with Crippen molar-refractivity contribution in [3.05, 3.63) is 43.5 Å². The number of hydrogen-bond acceptors (Lipinski definition) is 4. The van der Waals surface area contributed by atoms with E-state index in [1.54, 1.807) is 30.3 Å². The van der Waals surface area contributed by atoms with E-state index < -0.39 is 0 Å². The summed E-state index contributed by atoms with van der Waals surface area (Å²) in [5, 5.41) is 2.81. The average Bonchev–Trinajstić information content (AvgIpc) is 2.76. The molecule has 4 nitrogen and oxygen atoms in total. The van der Waals surface area contributed by atoms with E-state index in [0.29, 0.717) is 17.0 Å². The van der Waals surface area contributed by atoms with Gasteiger partial charge in [0.15, 0.2) is 0 Å². The van der Waals surface area contributed by atoms with E-state index in [-0.39, 0.29) is 17.5 Å². The van der Waals surface area contributed by atoms with Crippen molar-refractivity contribution in [3.63, 3.8) is 0 Å². The number of nitrogens with two attached hydrogens (primary N) is 1. The summed E-state index contributed by atoms with van der Waals surface area (Å²) >= 11 is 12.9. The fraction of sp³-hybridized carbons (Fsp3) is 0.0769. The summed E-state index contributed by atoms with van der Waals surface area (Å²) in [7, 11) is 0. The standard InChI is InChI=1S/C13H10Br2N2O2S2/c14-10-5-9(12(15)21-10)13(18)17-7-2-1-3-8(4-7)19-6-11(16)20/h1-5H,6H2,(H2,16,20)(H,17,18). The number of carbonyl (C=O) groups excluding carboxylic acids is 1. The van der Waals surface area contributed by atoms with Gasteiger partial charge in [-0.2, -0.15) is 0 Å². The highest BCUT2D eigenvalue weighted by Gasteiger charge is 2.14. The SMILES string of the molecule is NC(=S)COc1cccc(NC(=O)c2cc(Br)sc2Br)c1. The number of benzene rings is 1. The van der Waals surface area contributed by atoms with Gasteiger partial charge < -0.3 is 15.8 Å². The molecule has 0 aliphatic carbocycles. The normalized spacial score (nSPS) is 10.2. The Morgan fingerprint density at radius 1 is 1.38 bits per heavy atom. The van der Waals surface area contributed by atoms with Crippen LogP contribution in [0.4, 0.5) is 5.69 Å². The van der Waals surface area contributed by atoms with Crippen molar-refractivity contribution < 1.29 is 9.53 Å². The predicted molar refractivity (Wildman–Crippen MR) is 96.4 cm³/mol. The number of amides is 1. The first-order chi connectivity index (χ1) is 9.95. The second kappa shape index (κ2) is 7.35. The Kier molecular flexibility index (Phi) is 5.74. The summed E-state index contributed by atoms with van der Waals surface area (Å²) in [6.07, 6.45) is 0. The van der Waals surface area contributed by atoms with Crippen LogP contribution in [-0.2, 0) is 0 Å². The number of hydrogen-bond donors (Lipinski definition) is 2. The number of carbonyl (C=O) groups is 1. The van der Waals surface area contributed by atoms with Gasteiger partial charge in [-0.3, -0.25) is 4.79 Å². The van der Waals surface area contributed by atoms with Gasteiger partial charge in [0.2, 0.25) is 0 Å². The molecule has 0 aliphatic rings. The lowest BCUT2D eigenvalue weighted by molar-refractivity contribution is 0.102. The second-order valence-corrected chi connectivity index (χ2v) is 8.25. The molecule has 2 aromatic rings. The van der Waals surface area contributed by atoms with E-state index >= 15 is 0 Å². The van der Waals surface area contributed by atoms with Crippen LogP contribution >= 0.6 is 55.4 Å². The zero-order chi connectivity index (χ0) is 15.4. The van der Waals surface area contributed by atoms with Crippen LogP contribution < -0.4 is 15.8 Å². The van der Waals surface area contributed by atoms with Gasteiger partial charge in [0.25, 0.3) is 5.91 Å². The molecule has 21 heavy (non-hydrogen) atoms. The minimum Gasteiger partial charge on any atom is -0.486 e. The van der Waals surface area contributed by atoms with Gasteiger partial charge in [-0.15, -0.1) is 11.3 Å². The van der Waals surface area contributed by atoms with E-state index in [9.17, 15) is 4.79 Å². The van der Waals surface area contributed by atoms with Gasteiger partial charge in [0.1, 0.15) is 17.3 Å². The fourth-order valence-electron chi connectivity index (χ4n) is 1.51. The Morgan fingerprint density at radius 2 is 2.14 bits per heavy atom. The summed E-state index contributed by atoms with van der Waals surface area (Å²) in [6.45, 7) is 0.162. The first kappa shape index (κ1) is 16.4. The molecule has 1 aromatic heterocycles. The van der Waals surface area contributed by atoms with Crippen molar-refractivity contribution in [2.45, 2.75) is 0 Å². The van der Waals surface area contributed by atoms with Crippen molar-refractivity contribution in [1.82, 2.24) is 0 Å². The largest absolute Gasteiger partial charge is 0.486 e. The first-order valence-corrected chi connectivity index (χ1v) is 8.54. The lowest BCUT2D eigenvalue weighted by Gasteiger charge is -2.08. The summed E-state index contributed by atoms with van der Waals surface area (Å²) in [6, 6.07) is 8.80. The minimum absolute atomic E-state index is 0.162. The maximum Gasteiger partial charge on any atom is 0.257 e. The molecule has 0 saturated heterocycles. The molecular weight excluding hydrogens is 440 g/mol. The first-order valence-electron chi connectivity index (χ1n) is 5.73. The van der Waals surface area contributed by atoms with Gasteiger partial charge >= 0.3 is 0 Å². The molecule has 110 valence electrons. The molecule has 3 N–H and O–H groups in total. The molecule has 1 heterocycles. The Bertz CT molecular complexity index is 689. The fourth-order valence-corrected chi connectivity index (χ4v) is 4.36. The van der Waals surface area contributed by atoms with E-state index in [4.69, 9.17) is 22.7 Å². The highest BCUT2D eigenvalue weighted by atomic mass is 79.9. The van der Waals surface area contributed by atoms with Crippen molar-refractivity contribution in [2.75, 3.05) is 11.9 Å². The number of halogens is 2. The molecule has 2 rings (SSSR count). The summed E-state index contributed by atoms with van der Waals surface area (Å²) in [5.41, 5.74) is 6.59. The van der Waals surface area contributed by atoms with Crippen molar-refractivity contribution in [1.29, 1.82) is 0 Å². The van der Waals surface area contributed by atoms with Crippen LogP contribution in [0.3, 0.4) is 0 Å². The Labute approximate surface area is 147 Å². The maximum absolute atomic E-state index is 12.2. The third kappa shape index (κ3) is 4.77. The van der Waals surface area contributed by atoms with Gasteiger partial charge in [0, 0.05) is 11.8 Å². The Balaban J connectivity index is 2.09. The highest BCUT2D eigenvalue weighted by Crippen LogP contribution is 2.32. The van der Waals surface area contributed by atoms with Crippen molar-refractivity contribution in [3.8, 4) is 5.75 Å². The third-order valence-corrected chi connectivity index (χ3v) is 4.83. The number of nitrogens with one attached hydrogen (secondary N) is 1. The predicted octanol–water partition coefficient (Wildman–Crippen LogP) is 4.19. The Hall–Kier alpha value is -0.960. The van der Waals surface area contributed by atoms with E-state index in [0.717, 1.165) is 7.57 Å². The van der Waals surface area contributed by atoms with Gasteiger partial charge in [-0.1, -0.05) is 18.3 Å². The lowest BCUT2D eigenvalue weighted by atomic mass is 10.2. The maximum atomic E-state index is 12.2. The van der Waals surface area contributed by atoms with E-state index in [2.05, 4.69) is 37.2 Å². The van der Waals surface area contributed by atoms with Crippen LogP contribution in [-0.4, -0.2) is 17.5 Å². The van der Waals surface area contributed by atoms with Crippen LogP contribution in [0.15, 0.2) is 37.9 Å². The van der Waals surface area contributed by atoms with Crippen LogP contribution in [0.5, 0.6) is 5.75 Å². The topological polar surface area (TPSA) is 64.3 Å². The smallest absolute Gasteiger partial charge is 0.257 e. The molecule has 0 aliphatic heterocycles. The molecule has 0 fully saturated rings. The number of ether oxygens (including phenoxy) is 1. The van der Waals surface area contributed by atoms with Crippen molar-refractivity contribution >= 4 is 72.0 Å². The number of thiocarbonyl (C=S) groups is 1. The molecular formula is C13H10Br2N2O2S2. The third-order valence-electron chi connectivity index (χ3n) is 2.37. The molecule has 8 heteroatoms. The molecule has 0 spiro atoms. The van der Waals surface area contributed by atoms with Crippen LogP contribution in [0, 0.1) is 0 Å². The van der Waals surface area contributed by atoms with Crippen LogP contribution in [0.25, 0.3) is 0 Å². The summed E-state index contributed by atoms with van der Waals surface area (Å²) < 4.78 is 7.04. The van der Waals surface area contributed by atoms with Gasteiger partial charge in [0.05, 0.1) is 13.1 Å². The molecule has 1 aromatic carbocycles. The zero-order valence-electron chi connectivity index (χ0n) is 10.6. The van der Waals surface area contributed by atoms with Crippen molar-refractivity contribution in [2.24, 2.45) is 5.73 Å². The second-order valence-electron chi connectivity index (χ2n) is 3.97. The summed E-state index contributed by atoms with van der Waals surface area (Å²) in [5.74, 6) is 0.390. The lowest BCUT2D eigenvalue weighted by Crippen LogP contribution is -2.18. The molecule has 1 amide bonds. The minimum atomic E-state index is -0.199. The number of anilines is 1. The number of thiophene rings is 1. The molecule has 0 saturated carbocycles. The highest BCUT2D eigenvalue weighted by molar-refractivity contribution is 9.12. The van der Waals surface area contributed by atoms with E-state index in [1.807, 2.05) is 0 Å².